The fraction of sp³-hybridized carbons (Fsp3) is 0.741. The average molecular weight is 421 g/mol. The molecule has 8 bridgehead atoms. The van der Waals surface area contributed by atoms with E-state index in [-0.39, 0.29) is 5.54 Å². The Labute approximate surface area is 187 Å². The molecule has 0 atom stereocenters. The molecular formula is C27H36N2S. The van der Waals surface area contributed by atoms with Gasteiger partial charge < -0.3 is 10.6 Å². The summed E-state index contributed by atoms with van der Waals surface area (Å²) in [6, 6.07) is 9.43. The van der Waals surface area contributed by atoms with Crippen LogP contribution in [0, 0.1) is 35.5 Å². The first-order valence-corrected chi connectivity index (χ1v) is 13.2. The maximum Gasteiger partial charge on any atom is 0.171 e. The van der Waals surface area contributed by atoms with Crippen molar-refractivity contribution in [3.8, 4) is 0 Å². The van der Waals surface area contributed by atoms with Crippen LogP contribution < -0.4 is 10.6 Å². The summed E-state index contributed by atoms with van der Waals surface area (Å²) in [7, 11) is 0. The van der Waals surface area contributed by atoms with E-state index >= 15 is 0 Å². The van der Waals surface area contributed by atoms with E-state index in [0.717, 1.165) is 46.3 Å². The minimum atomic E-state index is 0.290. The molecular weight excluding hydrogens is 384 g/mol. The minimum Gasteiger partial charge on any atom is -0.357 e. The predicted octanol–water partition coefficient (Wildman–Crippen LogP) is 6.41. The van der Waals surface area contributed by atoms with Crippen LogP contribution >= 0.6 is 12.2 Å². The molecule has 0 spiro atoms. The van der Waals surface area contributed by atoms with Gasteiger partial charge in [-0.25, -0.2) is 0 Å². The van der Waals surface area contributed by atoms with Crippen molar-refractivity contribution in [3.63, 3.8) is 0 Å². The van der Waals surface area contributed by atoms with Crippen LogP contribution in [0.3, 0.4) is 0 Å². The van der Waals surface area contributed by atoms with Crippen LogP contribution in [0.2, 0.25) is 0 Å². The zero-order valence-corrected chi connectivity index (χ0v) is 19.0. The number of rotatable bonds is 3. The summed E-state index contributed by atoms with van der Waals surface area (Å²) in [5.74, 6) is 5.87. The van der Waals surface area contributed by atoms with Gasteiger partial charge >= 0.3 is 0 Å². The number of anilines is 1. The van der Waals surface area contributed by atoms with Crippen molar-refractivity contribution >= 4 is 23.0 Å². The van der Waals surface area contributed by atoms with Gasteiger partial charge in [-0.1, -0.05) is 12.1 Å². The molecule has 0 aromatic heterocycles. The van der Waals surface area contributed by atoms with Crippen LogP contribution in [0.5, 0.6) is 0 Å². The minimum absolute atomic E-state index is 0.290. The molecule has 8 aliphatic carbocycles. The fourth-order valence-electron chi connectivity index (χ4n) is 10.0. The Balaban J connectivity index is 1.04. The monoisotopic (exact) mass is 420 g/mol. The van der Waals surface area contributed by atoms with Gasteiger partial charge in [-0.3, -0.25) is 0 Å². The number of benzene rings is 1. The van der Waals surface area contributed by atoms with E-state index in [4.69, 9.17) is 12.2 Å². The van der Waals surface area contributed by atoms with Gasteiger partial charge in [0, 0.05) is 11.2 Å². The molecule has 8 saturated carbocycles. The third-order valence-corrected chi connectivity index (χ3v) is 10.4. The molecule has 2 nitrogen and oxygen atoms in total. The molecule has 8 aliphatic rings. The molecule has 0 unspecified atom stereocenters. The lowest BCUT2D eigenvalue weighted by Gasteiger charge is -2.57. The van der Waals surface area contributed by atoms with E-state index in [9.17, 15) is 0 Å². The first-order valence-electron chi connectivity index (χ1n) is 12.7. The lowest BCUT2D eigenvalue weighted by Crippen LogP contribution is -2.60. The predicted molar refractivity (Wildman–Crippen MR) is 127 cm³/mol. The maximum absolute atomic E-state index is 5.80. The highest BCUT2D eigenvalue weighted by molar-refractivity contribution is 7.80. The summed E-state index contributed by atoms with van der Waals surface area (Å²) in [5, 5.41) is 8.20. The van der Waals surface area contributed by atoms with Gasteiger partial charge in [-0.05, 0) is 148 Å². The van der Waals surface area contributed by atoms with Crippen molar-refractivity contribution in [2.45, 2.75) is 88.0 Å². The van der Waals surface area contributed by atoms with E-state index in [1.165, 1.54) is 77.0 Å². The number of hydrogen-bond donors (Lipinski definition) is 2. The van der Waals surface area contributed by atoms with Crippen LogP contribution in [0.4, 0.5) is 5.69 Å². The van der Waals surface area contributed by atoms with Gasteiger partial charge in [-0.2, -0.15) is 0 Å². The molecule has 0 amide bonds. The third-order valence-electron chi connectivity index (χ3n) is 10.2. The second-order valence-corrected chi connectivity index (χ2v) is 13.0. The van der Waals surface area contributed by atoms with E-state index in [1.807, 2.05) is 0 Å². The Kier molecular flexibility index (Phi) is 3.98. The van der Waals surface area contributed by atoms with E-state index in [0.29, 0.717) is 5.41 Å². The standard InChI is InChI=1S/C27H36N2S/c30-25(29-27-14-20-8-21(15-27)10-22(9-20)16-27)28-24-3-1-23(2-4-24)26-11-17-5-18(12-26)7-19(6-17)13-26/h1-4,17-22H,5-16H2,(H2,28,29,30). The second kappa shape index (κ2) is 6.47. The number of nitrogens with one attached hydrogen (secondary N) is 2. The number of thiocarbonyl (C=S) groups is 1. The quantitative estimate of drug-likeness (QED) is 0.553. The van der Waals surface area contributed by atoms with Crippen molar-refractivity contribution in [1.29, 1.82) is 0 Å². The molecule has 3 heteroatoms. The van der Waals surface area contributed by atoms with Crippen LogP contribution in [0.15, 0.2) is 24.3 Å². The summed E-state index contributed by atoms with van der Waals surface area (Å²) in [6.45, 7) is 0. The SMILES string of the molecule is S=C(Nc1ccc(C23CC4CC(CC(C4)C2)C3)cc1)NC12CC3CC(CC(C3)C1)C2. The van der Waals surface area contributed by atoms with Crippen molar-refractivity contribution in [3.05, 3.63) is 29.8 Å². The second-order valence-electron chi connectivity index (χ2n) is 12.6. The van der Waals surface area contributed by atoms with Gasteiger partial charge in [0.15, 0.2) is 5.11 Å². The highest BCUT2D eigenvalue weighted by atomic mass is 32.1. The van der Waals surface area contributed by atoms with Crippen molar-refractivity contribution in [2.75, 3.05) is 5.32 Å². The zero-order valence-electron chi connectivity index (χ0n) is 18.2. The Morgan fingerprint density at radius 1 is 0.667 bits per heavy atom. The first-order chi connectivity index (χ1) is 14.5. The molecule has 2 N–H and O–H groups in total. The molecule has 1 aromatic carbocycles. The van der Waals surface area contributed by atoms with Crippen molar-refractivity contribution in [2.24, 2.45) is 35.5 Å². The van der Waals surface area contributed by atoms with E-state index in [1.54, 1.807) is 5.56 Å². The Hall–Kier alpha value is -1.09. The van der Waals surface area contributed by atoms with Gasteiger partial charge in [0.25, 0.3) is 0 Å². The summed E-state index contributed by atoms with van der Waals surface area (Å²) >= 11 is 5.80. The van der Waals surface area contributed by atoms with Crippen LogP contribution in [-0.2, 0) is 5.41 Å². The van der Waals surface area contributed by atoms with Crippen molar-refractivity contribution in [1.82, 2.24) is 5.32 Å². The first kappa shape index (κ1) is 18.5. The maximum atomic E-state index is 5.80. The lowest BCUT2D eigenvalue weighted by atomic mass is 9.48. The largest absolute Gasteiger partial charge is 0.357 e. The lowest BCUT2D eigenvalue weighted by molar-refractivity contribution is -0.00972. The molecule has 0 heterocycles. The van der Waals surface area contributed by atoms with Crippen molar-refractivity contribution < 1.29 is 0 Å². The molecule has 9 rings (SSSR count). The summed E-state index contributed by atoms with van der Waals surface area (Å²) in [6.07, 6.45) is 17.3. The molecule has 0 radical (unpaired) electrons. The van der Waals surface area contributed by atoms with E-state index < -0.39 is 0 Å². The van der Waals surface area contributed by atoms with Crippen LogP contribution in [0.1, 0.15) is 82.6 Å². The van der Waals surface area contributed by atoms with Gasteiger partial charge in [-0.15, -0.1) is 0 Å². The molecule has 0 saturated heterocycles. The topological polar surface area (TPSA) is 24.1 Å². The van der Waals surface area contributed by atoms with Crippen LogP contribution in [0.25, 0.3) is 0 Å². The molecule has 0 aliphatic heterocycles. The highest BCUT2D eigenvalue weighted by Gasteiger charge is 2.52. The molecule has 160 valence electrons. The summed E-state index contributed by atoms with van der Waals surface area (Å²) < 4.78 is 0. The smallest absolute Gasteiger partial charge is 0.171 e. The van der Waals surface area contributed by atoms with Gasteiger partial charge in [0.2, 0.25) is 0 Å². The summed E-state index contributed by atoms with van der Waals surface area (Å²) in [5.41, 5.74) is 3.54. The third kappa shape index (κ3) is 2.98. The normalized spacial score (nSPS) is 47.5. The Bertz CT molecular complexity index is 786. The molecule has 1 aromatic rings. The molecule has 30 heavy (non-hydrogen) atoms. The molecule has 8 fully saturated rings. The Morgan fingerprint density at radius 2 is 1.10 bits per heavy atom. The fourth-order valence-corrected chi connectivity index (χ4v) is 10.4. The Morgan fingerprint density at radius 3 is 1.57 bits per heavy atom. The average Bonchev–Trinajstić information content (AvgIpc) is 2.65. The number of hydrogen-bond acceptors (Lipinski definition) is 1. The zero-order chi connectivity index (χ0) is 19.9. The van der Waals surface area contributed by atoms with Crippen LogP contribution in [-0.4, -0.2) is 10.7 Å². The van der Waals surface area contributed by atoms with E-state index in [2.05, 4.69) is 34.9 Å². The summed E-state index contributed by atoms with van der Waals surface area (Å²) in [4.78, 5) is 0. The highest BCUT2D eigenvalue weighted by Crippen LogP contribution is 2.61. The van der Waals surface area contributed by atoms with Gasteiger partial charge in [0.05, 0.1) is 0 Å². The van der Waals surface area contributed by atoms with Gasteiger partial charge in [0.1, 0.15) is 0 Å².